The van der Waals surface area contributed by atoms with E-state index in [4.69, 9.17) is 0 Å². The zero-order valence-corrected chi connectivity index (χ0v) is 19.5. The van der Waals surface area contributed by atoms with E-state index < -0.39 is 10.0 Å². The quantitative estimate of drug-likeness (QED) is 0.769. The maximum Gasteiger partial charge on any atom is 0.225 e. The highest BCUT2D eigenvalue weighted by Gasteiger charge is 2.33. The Morgan fingerprint density at radius 3 is 1.97 bits per heavy atom. The molecule has 1 aromatic rings. The van der Waals surface area contributed by atoms with Gasteiger partial charge in [-0.3, -0.25) is 4.79 Å². The highest BCUT2D eigenvalue weighted by molar-refractivity contribution is 7.88. The number of benzene rings is 1. The number of likely N-dealkylation sites (tertiary alicyclic amines) is 1. The van der Waals surface area contributed by atoms with Gasteiger partial charge >= 0.3 is 0 Å². The van der Waals surface area contributed by atoms with Crippen LogP contribution in [0.3, 0.4) is 0 Å². The SMILES string of the molecule is Cc1cc(C[C@@H](C)C(=O)N2CCC(C3CCN(S(C)(=O)=O)CC3)CC2)cc(C)c1O. The molecule has 1 aromatic carbocycles. The standard InChI is InChI=1S/C23H36N2O4S/c1-16-13-19(14-17(2)22(16)26)15-18(3)23(27)24-9-5-20(6-10-24)21-7-11-25(12-8-21)30(4,28)29/h13-14,18,20-21,26H,5-12,15H2,1-4H3/t18-/m1/s1. The zero-order chi connectivity index (χ0) is 22.1. The number of aromatic hydroxyl groups is 1. The highest BCUT2D eigenvalue weighted by Crippen LogP contribution is 2.33. The Labute approximate surface area is 181 Å². The van der Waals surface area contributed by atoms with Crippen LogP contribution in [0.2, 0.25) is 0 Å². The van der Waals surface area contributed by atoms with Crippen molar-refractivity contribution >= 4 is 15.9 Å². The van der Waals surface area contributed by atoms with Gasteiger partial charge in [-0.25, -0.2) is 12.7 Å². The molecule has 2 aliphatic rings. The third kappa shape index (κ3) is 5.35. The second-order valence-corrected chi connectivity index (χ2v) is 11.3. The molecule has 0 spiro atoms. The van der Waals surface area contributed by atoms with E-state index in [2.05, 4.69) is 0 Å². The molecule has 0 saturated carbocycles. The van der Waals surface area contributed by atoms with Crippen LogP contribution in [0.25, 0.3) is 0 Å². The lowest BCUT2D eigenvalue weighted by molar-refractivity contribution is -0.136. The van der Waals surface area contributed by atoms with Crippen LogP contribution in [-0.2, 0) is 21.2 Å². The fourth-order valence-electron chi connectivity index (χ4n) is 5.19. The number of phenols is 1. The van der Waals surface area contributed by atoms with Crippen molar-refractivity contribution < 1.29 is 18.3 Å². The number of sulfonamides is 1. The first-order valence-corrected chi connectivity index (χ1v) is 12.9. The van der Waals surface area contributed by atoms with E-state index in [0.29, 0.717) is 37.1 Å². The van der Waals surface area contributed by atoms with Gasteiger partial charge in [0, 0.05) is 32.1 Å². The van der Waals surface area contributed by atoms with Crippen LogP contribution in [0, 0.1) is 31.6 Å². The average molecular weight is 437 g/mol. The molecule has 0 bridgehead atoms. The number of hydrogen-bond donors (Lipinski definition) is 1. The molecule has 6 nitrogen and oxygen atoms in total. The number of rotatable bonds is 5. The molecule has 2 fully saturated rings. The number of hydrogen-bond acceptors (Lipinski definition) is 4. The summed E-state index contributed by atoms with van der Waals surface area (Å²) in [5, 5.41) is 9.96. The largest absolute Gasteiger partial charge is 0.507 e. The molecule has 7 heteroatoms. The summed E-state index contributed by atoms with van der Waals surface area (Å²) in [6.45, 7) is 8.64. The van der Waals surface area contributed by atoms with Crippen LogP contribution in [0.5, 0.6) is 5.75 Å². The Kier molecular flexibility index (Phi) is 7.13. The van der Waals surface area contributed by atoms with Gasteiger partial charge in [-0.1, -0.05) is 19.1 Å². The average Bonchev–Trinajstić information content (AvgIpc) is 2.71. The summed E-state index contributed by atoms with van der Waals surface area (Å²) in [5.41, 5.74) is 2.80. The summed E-state index contributed by atoms with van der Waals surface area (Å²) in [5.74, 6) is 1.63. The fraction of sp³-hybridized carbons (Fsp3) is 0.696. The summed E-state index contributed by atoms with van der Waals surface area (Å²) in [7, 11) is -3.08. The van der Waals surface area contributed by atoms with E-state index in [9.17, 15) is 18.3 Å². The second-order valence-electron chi connectivity index (χ2n) is 9.35. The topological polar surface area (TPSA) is 77.9 Å². The van der Waals surface area contributed by atoms with Gasteiger partial charge in [0.05, 0.1) is 6.26 Å². The Morgan fingerprint density at radius 1 is 1.03 bits per heavy atom. The van der Waals surface area contributed by atoms with Crippen LogP contribution in [0.15, 0.2) is 12.1 Å². The lowest BCUT2D eigenvalue weighted by atomic mass is 9.79. The molecule has 0 aliphatic carbocycles. The smallest absolute Gasteiger partial charge is 0.225 e. The van der Waals surface area contributed by atoms with Crippen LogP contribution < -0.4 is 0 Å². The lowest BCUT2D eigenvalue weighted by Crippen LogP contribution is -2.45. The fourth-order valence-corrected chi connectivity index (χ4v) is 6.06. The number of phenolic OH excluding ortho intramolecular Hbond substituents is 1. The van der Waals surface area contributed by atoms with E-state index in [1.54, 1.807) is 4.31 Å². The first-order valence-electron chi connectivity index (χ1n) is 11.1. The summed E-state index contributed by atoms with van der Waals surface area (Å²) < 4.78 is 25.0. The highest BCUT2D eigenvalue weighted by atomic mass is 32.2. The first-order chi connectivity index (χ1) is 14.1. The van der Waals surface area contributed by atoms with Crippen LogP contribution in [0.4, 0.5) is 0 Å². The van der Waals surface area contributed by atoms with Crippen LogP contribution in [-0.4, -0.2) is 61.1 Å². The molecule has 1 N–H and O–H groups in total. The molecule has 2 heterocycles. The molecule has 0 aromatic heterocycles. The summed E-state index contributed by atoms with van der Waals surface area (Å²) in [4.78, 5) is 15.0. The third-order valence-electron chi connectivity index (χ3n) is 7.00. The third-order valence-corrected chi connectivity index (χ3v) is 8.30. The van der Waals surface area contributed by atoms with Gasteiger partial charge in [0.2, 0.25) is 15.9 Å². The lowest BCUT2D eigenvalue weighted by Gasteiger charge is -2.40. The molecule has 0 radical (unpaired) electrons. The van der Waals surface area contributed by atoms with E-state index in [0.717, 1.165) is 55.5 Å². The minimum absolute atomic E-state index is 0.0807. The summed E-state index contributed by atoms with van der Waals surface area (Å²) in [6.07, 6.45) is 5.87. The van der Waals surface area contributed by atoms with Gasteiger partial charge in [-0.2, -0.15) is 0 Å². The Bertz CT molecular complexity index is 844. The van der Waals surface area contributed by atoms with Crippen LogP contribution in [0.1, 0.15) is 49.3 Å². The molecule has 2 saturated heterocycles. The molecule has 0 unspecified atom stereocenters. The minimum Gasteiger partial charge on any atom is -0.507 e. The van der Waals surface area contributed by atoms with Crippen molar-refractivity contribution in [3.8, 4) is 5.75 Å². The van der Waals surface area contributed by atoms with Crippen molar-refractivity contribution in [1.29, 1.82) is 0 Å². The van der Waals surface area contributed by atoms with Gasteiger partial charge in [0.1, 0.15) is 5.75 Å². The number of aryl methyl sites for hydroxylation is 2. The molecule has 3 rings (SSSR count). The van der Waals surface area contributed by atoms with Gasteiger partial charge in [-0.15, -0.1) is 0 Å². The number of carbonyl (C=O) groups is 1. The van der Waals surface area contributed by atoms with Crippen molar-refractivity contribution in [3.05, 3.63) is 28.8 Å². The zero-order valence-electron chi connectivity index (χ0n) is 18.7. The Morgan fingerprint density at radius 2 is 1.50 bits per heavy atom. The molecule has 1 atom stereocenters. The second kappa shape index (κ2) is 9.27. The Balaban J connectivity index is 1.49. The van der Waals surface area contributed by atoms with Crippen molar-refractivity contribution in [1.82, 2.24) is 9.21 Å². The number of carbonyl (C=O) groups excluding carboxylic acids is 1. The normalized spacial score (nSPS) is 21.0. The van der Waals surface area contributed by atoms with Crippen LogP contribution >= 0.6 is 0 Å². The Hall–Kier alpha value is -1.60. The summed E-state index contributed by atoms with van der Waals surface area (Å²) >= 11 is 0. The predicted molar refractivity (Wildman–Crippen MR) is 119 cm³/mol. The molecular weight excluding hydrogens is 400 g/mol. The maximum atomic E-state index is 13.0. The predicted octanol–water partition coefficient (Wildman–Crippen LogP) is 3.10. The summed E-state index contributed by atoms with van der Waals surface area (Å²) in [6, 6.07) is 3.95. The van der Waals surface area contributed by atoms with E-state index in [1.807, 2.05) is 37.8 Å². The van der Waals surface area contributed by atoms with Crippen molar-refractivity contribution in [2.75, 3.05) is 32.4 Å². The van der Waals surface area contributed by atoms with E-state index in [1.165, 1.54) is 6.26 Å². The maximum absolute atomic E-state index is 13.0. The molecule has 30 heavy (non-hydrogen) atoms. The number of nitrogens with zero attached hydrogens (tertiary/aromatic N) is 2. The molecule has 2 aliphatic heterocycles. The van der Waals surface area contributed by atoms with Gasteiger partial charge in [-0.05, 0) is 74.5 Å². The number of amides is 1. The van der Waals surface area contributed by atoms with Crippen molar-refractivity contribution in [2.45, 2.75) is 52.9 Å². The molecule has 1 amide bonds. The molecule has 168 valence electrons. The first kappa shape index (κ1) is 23.1. The monoisotopic (exact) mass is 436 g/mol. The minimum atomic E-state index is -3.08. The van der Waals surface area contributed by atoms with E-state index >= 15 is 0 Å². The van der Waals surface area contributed by atoms with Gasteiger partial charge in [0.25, 0.3) is 0 Å². The molecular formula is C23H36N2O4S. The van der Waals surface area contributed by atoms with Crippen molar-refractivity contribution in [2.24, 2.45) is 17.8 Å². The van der Waals surface area contributed by atoms with Gasteiger partial charge < -0.3 is 10.0 Å². The van der Waals surface area contributed by atoms with Gasteiger partial charge in [0.15, 0.2) is 0 Å². The van der Waals surface area contributed by atoms with E-state index in [-0.39, 0.29) is 11.8 Å². The van der Waals surface area contributed by atoms with Crippen molar-refractivity contribution in [3.63, 3.8) is 0 Å². The number of piperidine rings is 2.